The Morgan fingerprint density at radius 3 is 2.57 bits per heavy atom. The molecular formula is C21H29N5O2. The highest BCUT2D eigenvalue weighted by Crippen LogP contribution is 2.12. The number of carbonyl (C=O) groups is 1. The summed E-state index contributed by atoms with van der Waals surface area (Å²) in [6, 6.07) is 7.79. The van der Waals surface area contributed by atoms with Crippen LogP contribution in [0.15, 0.2) is 29.1 Å². The molecule has 0 unspecified atom stereocenters. The van der Waals surface area contributed by atoms with Crippen molar-refractivity contribution >= 4 is 5.91 Å². The first-order valence-electron chi connectivity index (χ1n) is 10.4. The number of hydrogen-bond acceptors (Lipinski definition) is 4. The molecule has 7 nitrogen and oxygen atoms in total. The molecule has 1 aromatic carbocycles. The van der Waals surface area contributed by atoms with Gasteiger partial charge in [0.05, 0.1) is 6.54 Å². The molecular weight excluding hydrogens is 354 g/mol. The minimum atomic E-state index is 0.0284. The zero-order valence-electron chi connectivity index (χ0n) is 16.6. The monoisotopic (exact) mass is 383 g/mol. The first-order chi connectivity index (χ1) is 13.6. The molecule has 1 saturated heterocycles. The summed E-state index contributed by atoms with van der Waals surface area (Å²) in [5.74, 6) is 1.04. The SMILES string of the molecule is Cc1ccc(C(=O)N2CCCN(CCn3nc4n(c3=O)CCCC4)CC2)cc1. The van der Waals surface area contributed by atoms with Crippen LogP contribution in [0, 0.1) is 6.92 Å². The Morgan fingerprint density at radius 1 is 0.964 bits per heavy atom. The Hall–Kier alpha value is -2.41. The van der Waals surface area contributed by atoms with E-state index in [0.717, 1.165) is 81.9 Å². The molecule has 2 aliphatic rings. The summed E-state index contributed by atoms with van der Waals surface area (Å²) >= 11 is 0. The molecule has 3 heterocycles. The van der Waals surface area contributed by atoms with Crippen LogP contribution >= 0.6 is 0 Å². The van der Waals surface area contributed by atoms with Gasteiger partial charge in [-0.15, -0.1) is 0 Å². The van der Waals surface area contributed by atoms with Gasteiger partial charge in [-0.2, -0.15) is 5.10 Å². The van der Waals surface area contributed by atoms with Gasteiger partial charge >= 0.3 is 5.69 Å². The van der Waals surface area contributed by atoms with E-state index in [2.05, 4.69) is 10.00 Å². The molecule has 0 spiro atoms. The summed E-state index contributed by atoms with van der Waals surface area (Å²) in [5.41, 5.74) is 1.95. The fraction of sp³-hybridized carbons (Fsp3) is 0.571. The van der Waals surface area contributed by atoms with Crippen LogP contribution in [-0.4, -0.2) is 62.8 Å². The Labute approximate surface area is 165 Å². The van der Waals surface area contributed by atoms with E-state index in [1.54, 1.807) is 4.68 Å². The molecule has 28 heavy (non-hydrogen) atoms. The maximum atomic E-state index is 12.8. The summed E-state index contributed by atoms with van der Waals surface area (Å²) in [6.45, 7) is 7.52. The Morgan fingerprint density at radius 2 is 1.79 bits per heavy atom. The number of benzene rings is 1. The third-order valence-corrected chi connectivity index (χ3v) is 5.83. The predicted octanol–water partition coefficient (Wildman–Crippen LogP) is 1.54. The topological polar surface area (TPSA) is 63.4 Å². The maximum Gasteiger partial charge on any atom is 0.345 e. The lowest BCUT2D eigenvalue weighted by Crippen LogP contribution is -2.37. The van der Waals surface area contributed by atoms with E-state index in [9.17, 15) is 9.59 Å². The van der Waals surface area contributed by atoms with E-state index in [1.165, 1.54) is 0 Å². The number of aryl methyl sites for hydroxylation is 2. The molecule has 0 bridgehead atoms. The standard InChI is InChI=1S/C21H29N5O2/c1-17-6-8-18(9-7-17)20(27)24-11-4-10-23(13-15-24)14-16-26-21(28)25-12-3-2-5-19(25)22-26/h6-9H,2-5,10-16H2,1H3. The third kappa shape index (κ3) is 4.04. The lowest BCUT2D eigenvalue weighted by molar-refractivity contribution is 0.0761. The molecule has 0 radical (unpaired) electrons. The Balaban J connectivity index is 1.33. The highest BCUT2D eigenvalue weighted by molar-refractivity contribution is 5.94. The van der Waals surface area contributed by atoms with Crippen molar-refractivity contribution in [2.45, 2.75) is 45.7 Å². The van der Waals surface area contributed by atoms with Gasteiger partial charge in [0.1, 0.15) is 5.82 Å². The van der Waals surface area contributed by atoms with Crippen LogP contribution in [0.3, 0.4) is 0 Å². The third-order valence-electron chi connectivity index (χ3n) is 5.83. The van der Waals surface area contributed by atoms with Crippen molar-refractivity contribution < 1.29 is 4.79 Å². The van der Waals surface area contributed by atoms with Crippen molar-refractivity contribution in [1.82, 2.24) is 24.1 Å². The van der Waals surface area contributed by atoms with Crippen LogP contribution < -0.4 is 5.69 Å². The van der Waals surface area contributed by atoms with E-state index in [4.69, 9.17) is 0 Å². The number of carbonyl (C=O) groups excluding carboxylic acids is 1. The molecule has 0 aliphatic carbocycles. The minimum absolute atomic E-state index is 0.0284. The highest BCUT2D eigenvalue weighted by Gasteiger charge is 2.21. The van der Waals surface area contributed by atoms with E-state index in [0.29, 0.717) is 6.54 Å². The van der Waals surface area contributed by atoms with Gasteiger partial charge in [0, 0.05) is 44.7 Å². The fourth-order valence-electron chi connectivity index (χ4n) is 4.11. The molecule has 1 amide bonds. The van der Waals surface area contributed by atoms with Crippen molar-refractivity contribution in [2.24, 2.45) is 0 Å². The number of hydrogen-bond donors (Lipinski definition) is 0. The van der Waals surface area contributed by atoms with E-state index in [1.807, 2.05) is 40.7 Å². The Kier molecular flexibility index (Phi) is 5.62. The second-order valence-corrected chi connectivity index (χ2v) is 7.88. The van der Waals surface area contributed by atoms with Gasteiger partial charge in [-0.05, 0) is 44.9 Å². The van der Waals surface area contributed by atoms with Crippen molar-refractivity contribution in [3.63, 3.8) is 0 Å². The highest BCUT2D eigenvalue weighted by atomic mass is 16.2. The predicted molar refractivity (Wildman–Crippen MR) is 108 cm³/mol. The summed E-state index contributed by atoms with van der Waals surface area (Å²) in [7, 11) is 0. The van der Waals surface area contributed by atoms with Gasteiger partial charge in [-0.1, -0.05) is 17.7 Å². The quantitative estimate of drug-likeness (QED) is 0.803. The number of rotatable bonds is 4. The molecule has 4 rings (SSSR count). The first kappa shape index (κ1) is 18.9. The van der Waals surface area contributed by atoms with Gasteiger partial charge in [0.25, 0.3) is 5.91 Å². The van der Waals surface area contributed by atoms with Crippen LogP contribution in [0.25, 0.3) is 0 Å². The number of aromatic nitrogens is 3. The average Bonchev–Trinajstić information content (AvgIpc) is 2.88. The molecule has 2 aromatic rings. The number of fused-ring (bicyclic) bond motifs is 1. The number of nitrogens with zero attached hydrogens (tertiary/aromatic N) is 5. The van der Waals surface area contributed by atoms with Gasteiger partial charge in [0.15, 0.2) is 0 Å². The Bertz CT molecular complexity index is 883. The second kappa shape index (κ2) is 8.31. The summed E-state index contributed by atoms with van der Waals surface area (Å²) in [4.78, 5) is 29.5. The molecule has 1 fully saturated rings. The van der Waals surface area contributed by atoms with Crippen molar-refractivity contribution in [2.75, 3.05) is 32.7 Å². The van der Waals surface area contributed by atoms with Gasteiger partial charge in [0.2, 0.25) is 0 Å². The molecule has 2 aliphatic heterocycles. The number of amides is 1. The first-order valence-corrected chi connectivity index (χ1v) is 10.4. The van der Waals surface area contributed by atoms with Crippen LogP contribution in [-0.2, 0) is 19.5 Å². The average molecular weight is 383 g/mol. The normalized spacial score (nSPS) is 18.0. The van der Waals surface area contributed by atoms with Crippen LogP contribution in [0.4, 0.5) is 0 Å². The second-order valence-electron chi connectivity index (χ2n) is 7.88. The molecule has 0 atom stereocenters. The lowest BCUT2D eigenvalue weighted by Gasteiger charge is -2.22. The van der Waals surface area contributed by atoms with Crippen molar-refractivity contribution in [3.05, 3.63) is 51.7 Å². The van der Waals surface area contributed by atoms with Gasteiger partial charge in [-0.25, -0.2) is 9.48 Å². The zero-order chi connectivity index (χ0) is 19.5. The summed E-state index contributed by atoms with van der Waals surface area (Å²) < 4.78 is 3.45. The van der Waals surface area contributed by atoms with E-state index in [-0.39, 0.29) is 11.6 Å². The van der Waals surface area contributed by atoms with Crippen molar-refractivity contribution in [3.8, 4) is 0 Å². The minimum Gasteiger partial charge on any atom is -0.337 e. The van der Waals surface area contributed by atoms with Crippen molar-refractivity contribution in [1.29, 1.82) is 0 Å². The van der Waals surface area contributed by atoms with Crippen LogP contribution in [0.5, 0.6) is 0 Å². The van der Waals surface area contributed by atoms with Crippen LogP contribution in [0.1, 0.15) is 41.0 Å². The summed E-state index contributed by atoms with van der Waals surface area (Å²) in [5, 5.41) is 4.52. The largest absolute Gasteiger partial charge is 0.345 e. The van der Waals surface area contributed by atoms with Gasteiger partial charge in [-0.3, -0.25) is 14.3 Å². The zero-order valence-corrected chi connectivity index (χ0v) is 16.6. The molecule has 7 heteroatoms. The van der Waals surface area contributed by atoms with E-state index < -0.39 is 0 Å². The molecule has 1 aromatic heterocycles. The smallest absolute Gasteiger partial charge is 0.337 e. The molecule has 150 valence electrons. The van der Waals surface area contributed by atoms with Gasteiger partial charge < -0.3 is 4.90 Å². The fourth-order valence-corrected chi connectivity index (χ4v) is 4.11. The maximum absolute atomic E-state index is 12.8. The molecule has 0 N–H and O–H groups in total. The van der Waals surface area contributed by atoms with Crippen LogP contribution in [0.2, 0.25) is 0 Å². The lowest BCUT2D eigenvalue weighted by atomic mass is 10.1. The summed E-state index contributed by atoms with van der Waals surface area (Å²) in [6.07, 6.45) is 4.04. The molecule has 0 saturated carbocycles. The van der Waals surface area contributed by atoms with E-state index >= 15 is 0 Å².